The number of phenolic OH excluding ortho intramolecular Hbond substituents is 1. The Balaban J connectivity index is 1.59. The second-order valence-electron chi connectivity index (χ2n) is 4.98. The number of benzene rings is 1. The average molecular weight is 265 g/mol. The van der Waals surface area contributed by atoms with Crippen LogP contribution < -0.4 is 10.1 Å². The van der Waals surface area contributed by atoms with Gasteiger partial charge in [-0.1, -0.05) is 6.42 Å². The van der Waals surface area contributed by atoms with E-state index in [0.29, 0.717) is 6.61 Å². The lowest BCUT2D eigenvalue weighted by molar-refractivity contribution is 0.310. The van der Waals surface area contributed by atoms with Gasteiger partial charge in [-0.15, -0.1) is 0 Å². The normalized spacial score (nSPS) is 26.7. The third kappa shape index (κ3) is 2.59. The molecule has 1 aromatic rings. The molecule has 3 nitrogen and oxygen atoms in total. The molecule has 2 heterocycles. The lowest BCUT2D eigenvalue weighted by Gasteiger charge is -2.23. The molecule has 98 valence electrons. The number of phenols is 1. The molecular weight excluding hydrogens is 246 g/mol. The Morgan fingerprint density at radius 3 is 3.17 bits per heavy atom. The van der Waals surface area contributed by atoms with Crippen molar-refractivity contribution in [3.63, 3.8) is 0 Å². The zero-order valence-electron chi connectivity index (χ0n) is 10.4. The van der Waals surface area contributed by atoms with Gasteiger partial charge in [0.15, 0.2) is 0 Å². The summed E-state index contributed by atoms with van der Waals surface area (Å²) in [7, 11) is 0. The molecule has 1 saturated heterocycles. The molecule has 2 atom stereocenters. The van der Waals surface area contributed by atoms with Gasteiger partial charge in [-0.05, 0) is 30.7 Å². The Morgan fingerprint density at radius 1 is 1.39 bits per heavy atom. The van der Waals surface area contributed by atoms with E-state index in [1.165, 1.54) is 30.6 Å². The molecular formula is C14H19NO2S. The van der Waals surface area contributed by atoms with Crippen LogP contribution in [-0.4, -0.2) is 29.3 Å². The van der Waals surface area contributed by atoms with Gasteiger partial charge in [-0.3, -0.25) is 0 Å². The SMILES string of the molecule is Oc1ccc2c(c1)OCC2NCC1CCCCS1. The van der Waals surface area contributed by atoms with E-state index in [0.717, 1.165) is 17.5 Å². The zero-order chi connectivity index (χ0) is 12.4. The Kier molecular flexibility index (Phi) is 3.66. The van der Waals surface area contributed by atoms with E-state index in [9.17, 15) is 5.11 Å². The topological polar surface area (TPSA) is 41.5 Å². The summed E-state index contributed by atoms with van der Waals surface area (Å²) in [6.07, 6.45) is 4.06. The van der Waals surface area contributed by atoms with Crippen LogP contribution in [0.5, 0.6) is 11.5 Å². The summed E-state index contributed by atoms with van der Waals surface area (Å²) in [5.41, 5.74) is 1.17. The van der Waals surface area contributed by atoms with Gasteiger partial charge in [0, 0.05) is 23.4 Å². The summed E-state index contributed by atoms with van der Waals surface area (Å²) in [6.45, 7) is 1.73. The third-order valence-electron chi connectivity index (χ3n) is 3.64. The van der Waals surface area contributed by atoms with Gasteiger partial charge in [0.1, 0.15) is 18.1 Å². The van der Waals surface area contributed by atoms with Gasteiger partial charge in [-0.2, -0.15) is 11.8 Å². The Hall–Kier alpha value is -0.870. The van der Waals surface area contributed by atoms with Crippen molar-refractivity contribution in [1.29, 1.82) is 0 Å². The smallest absolute Gasteiger partial charge is 0.127 e. The summed E-state index contributed by atoms with van der Waals surface area (Å²) >= 11 is 2.09. The standard InChI is InChI=1S/C14H19NO2S/c16-10-4-5-12-13(9-17-14(12)7-10)15-8-11-3-1-2-6-18-11/h4-5,7,11,13,15-16H,1-3,6,8-9H2. The predicted molar refractivity (Wildman–Crippen MR) is 74.4 cm³/mol. The zero-order valence-corrected chi connectivity index (χ0v) is 11.2. The molecule has 18 heavy (non-hydrogen) atoms. The number of hydrogen-bond donors (Lipinski definition) is 2. The quantitative estimate of drug-likeness (QED) is 0.881. The van der Waals surface area contributed by atoms with Gasteiger partial charge >= 0.3 is 0 Å². The Bertz CT molecular complexity index is 418. The molecule has 0 spiro atoms. The molecule has 0 radical (unpaired) electrons. The molecule has 1 fully saturated rings. The van der Waals surface area contributed by atoms with E-state index in [-0.39, 0.29) is 11.8 Å². The van der Waals surface area contributed by atoms with Crippen LogP contribution in [0.25, 0.3) is 0 Å². The Morgan fingerprint density at radius 2 is 2.33 bits per heavy atom. The molecule has 2 unspecified atom stereocenters. The maximum absolute atomic E-state index is 9.41. The van der Waals surface area contributed by atoms with Crippen LogP contribution in [0.3, 0.4) is 0 Å². The predicted octanol–water partition coefficient (Wildman–Crippen LogP) is 2.70. The van der Waals surface area contributed by atoms with Gasteiger partial charge in [-0.25, -0.2) is 0 Å². The monoisotopic (exact) mass is 265 g/mol. The molecule has 4 heteroatoms. The van der Waals surface area contributed by atoms with Crippen LogP contribution in [0.2, 0.25) is 0 Å². The molecule has 0 saturated carbocycles. The van der Waals surface area contributed by atoms with Gasteiger partial charge in [0.05, 0.1) is 6.04 Å². The minimum absolute atomic E-state index is 0.275. The first kappa shape index (κ1) is 12.2. The van der Waals surface area contributed by atoms with Gasteiger partial charge in [0.2, 0.25) is 0 Å². The van der Waals surface area contributed by atoms with Crippen molar-refractivity contribution in [2.75, 3.05) is 18.9 Å². The van der Waals surface area contributed by atoms with Crippen molar-refractivity contribution >= 4 is 11.8 Å². The second-order valence-corrected chi connectivity index (χ2v) is 6.39. The number of nitrogens with one attached hydrogen (secondary N) is 1. The number of rotatable bonds is 3. The molecule has 0 aliphatic carbocycles. The van der Waals surface area contributed by atoms with Gasteiger partial charge in [0.25, 0.3) is 0 Å². The summed E-state index contributed by atoms with van der Waals surface area (Å²) in [5, 5.41) is 13.8. The highest BCUT2D eigenvalue weighted by atomic mass is 32.2. The summed E-state index contributed by atoms with van der Waals surface area (Å²) in [4.78, 5) is 0. The number of fused-ring (bicyclic) bond motifs is 1. The second kappa shape index (κ2) is 5.41. The maximum atomic E-state index is 9.41. The fraction of sp³-hybridized carbons (Fsp3) is 0.571. The highest BCUT2D eigenvalue weighted by Gasteiger charge is 2.25. The Labute approximate surface area is 112 Å². The maximum Gasteiger partial charge on any atom is 0.127 e. The van der Waals surface area contributed by atoms with Crippen LogP contribution in [0, 0.1) is 0 Å². The van der Waals surface area contributed by atoms with Crippen molar-refractivity contribution in [1.82, 2.24) is 5.32 Å². The molecule has 2 aliphatic rings. The number of ether oxygens (including phenoxy) is 1. The third-order valence-corrected chi connectivity index (χ3v) is 5.04. The van der Waals surface area contributed by atoms with E-state index >= 15 is 0 Å². The fourth-order valence-electron chi connectivity index (χ4n) is 2.61. The largest absolute Gasteiger partial charge is 0.508 e. The van der Waals surface area contributed by atoms with Crippen LogP contribution in [0.15, 0.2) is 18.2 Å². The lowest BCUT2D eigenvalue weighted by Crippen LogP contribution is -2.31. The average Bonchev–Trinajstić information content (AvgIpc) is 2.80. The highest BCUT2D eigenvalue weighted by molar-refractivity contribution is 7.99. The molecule has 3 rings (SSSR count). The van der Waals surface area contributed by atoms with E-state index in [2.05, 4.69) is 17.1 Å². The molecule has 0 amide bonds. The minimum Gasteiger partial charge on any atom is -0.508 e. The minimum atomic E-state index is 0.275. The first-order chi connectivity index (χ1) is 8.83. The van der Waals surface area contributed by atoms with Crippen LogP contribution in [-0.2, 0) is 0 Å². The van der Waals surface area contributed by atoms with Crippen molar-refractivity contribution in [2.45, 2.75) is 30.6 Å². The van der Waals surface area contributed by atoms with Crippen LogP contribution in [0.4, 0.5) is 0 Å². The lowest BCUT2D eigenvalue weighted by atomic mass is 10.1. The van der Waals surface area contributed by atoms with E-state index < -0.39 is 0 Å². The summed E-state index contributed by atoms with van der Waals surface area (Å²) in [6, 6.07) is 5.68. The number of aromatic hydroxyl groups is 1. The van der Waals surface area contributed by atoms with Crippen LogP contribution in [0.1, 0.15) is 30.9 Å². The van der Waals surface area contributed by atoms with Crippen molar-refractivity contribution in [3.8, 4) is 11.5 Å². The van der Waals surface area contributed by atoms with E-state index in [1.807, 2.05) is 6.07 Å². The van der Waals surface area contributed by atoms with Crippen molar-refractivity contribution < 1.29 is 9.84 Å². The van der Waals surface area contributed by atoms with Crippen LogP contribution >= 0.6 is 11.8 Å². The highest BCUT2D eigenvalue weighted by Crippen LogP contribution is 2.35. The van der Waals surface area contributed by atoms with Gasteiger partial charge < -0.3 is 15.2 Å². The van der Waals surface area contributed by atoms with E-state index in [1.54, 1.807) is 12.1 Å². The van der Waals surface area contributed by atoms with Crippen molar-refractivity contribution in [3.05, 3.63) is 23.8 Å². The molecule has 0 bridgehead atoms. The molecule has 0 aromatic heterocycles. The molecule has 2 aliphatic heterocycles. The van der Waals surface area contributed by atoms with E-state index in [4.69, 9.17) is 4.74 Å². The first-order valence-corrected chi connectivity index (χ1v) is 7.68. The van der Waals surface area contributed by atoms with Crippen molar-refractivity contribution in [2.24, 2.45) is 0 Å². The molecule has 1 aromatic carbocycles. The number of thioether (sulfide) groups is 1. The molecule has 2 N–H and O–H groups in total. The first-order valence-electron chi connectivity index (χ1n) is 6.63. The summed E-state index contributed by atoms with van der Waals surface area (Å²) in [5.74, 6) is 2.40. The summed E-state index contributed by atoms with van der Waals surface area (Å²) < 4.78 is 5.60. The fourth-order valence-corrected chi connectivity index (χ4v) is 3.86. The number of hydrogen-bond acceptors (Lipinski definition) is 4.